The molecule has 0 heterocycles. The monoisotopic (exact) mass is 267 g/mol. The van der Waals surface area contributed by atoms with E-state index >= 15 is 0 Å². The average Bonchev–Trinajstić information content (AvgIpc) is 2.38. The van der Waals surface area contributed by atoms with Gasteiger partial charge in [-0.05, 0) is 37.6 Å². The fraction of sp³-hybridized carbons (Fsp3) is 0.385. The first-order valence-electron chi connectivity index (χ1n) is 5.77. The van der Waals surface area contributed by atoms with Crippen molar-refractivity contribution in [2.75, 3.05) is 6.54 Å². The smallest absolute Gasteiger partial charge is 0.234 e. The fourth-order valence-corrected chi connectivity index (χ4v) is 1.82. The van der Waals surface area contributed by atoms with Gasteiger partial charge in [-0.1, -0.05) is 18.0 Å². The molecule has 1 rings (SSSR count). The zero-order valence-electron chi connectivity index (χ0n) is 9.99. The van der Waals surface area contributed by atoms with Crippen molar-refractivity contribution in [1.29, 1.82) is 0 Å². The largest absolute Gasteiger partial charge is 0.330 e. The van der Waals surface area contributed by atoms with Gasteiger partial charge >= 0.3 is 0 Å². The maximum atomic E-state index is 12.1. The molecule has 1 aromatic rings. The molecule has 0 aliphatic rings. The number of rotatable bonds is 7. The Morgan fingerprint density at radius 3 is 2.72 bits per heavy atom. The van der Waals surface area contributed by atoms with Crippen molar-refractivity contribution in [3.05, 3.63) is 34.3 Å². The predicted molar refractivity (Wildman–Crippen MR) is 71.5 cm³/mol. The van der Waals surface area contributed by atoms with E-state index in [0.717, 1.165) is 12.8 Å². The van der Waals surface area contributed by atoms with Gasteiger partial charge in [0.2, 0.25) is 6.29 Å². The second-order valence-corrected chi connectivity index (χ2v) is 4.48. The zero-order valence-corrected chi connectivity index (χ0v) is 10.7. The van der Waals surface area contributed by atoms with E-state index in [2.05, 4.69) is 0 Å². The molecule has 0 aliphatic heterocycles. The molecule has 0 aromatic heterocycles. The van der Waals surface area contributed by atoms with Crippen LogP contribution in [0.25, 0.3) is 0 Å². The summed E-state index contributed by atoms with van der Waals surface area (Å²) >= 11 is 5.81. The van der Waals surface area contributed by atoms with Gasteiger partial charge in [0.1, 0.15) is 0 Å². The van der Waals surface area contributed by atoms with E-state index in [-0.39, 0.29) is 16.9 Å². The third-order valence-corrected chi connectivity index (χ3v) is 2.90. The van der Waals surface area contributed by atoms with Crippen molar-refractivity contribution in [1.82, 2.24) is 0 Å². The van der Waals surface area contributed by atoms with Crippen LogP contribution in [0.4, 0.5) is 0 Å². The number of hydrogen-bond donors (Lipinski definition) is 2. The summed E-state index contributed by atoms with van der Waals surface area (Å²) in [5, 5.41) is 0.395. The van der Waals surface area contributed by atoms with Crippen LogP contribution in [0.1, 0.15) is 35.2 Å². The summed E-state index contributed by atoms with van der Waals surface area (Å²) in [7, 11) is 0. The van der Waals surface area contributed by atoms with Crippen LogP contribution in [0, 0.1) is 0 Å². The molecule has 18 heavy (non-hydrogen) atoms. The Labute approximate surface area is 111 Å². The molecule has 0 spiro atoms. The number of carbonyl (C=O) groups excluding carboxylic acids is 2. The highest BCUT2D eigenvalue weighted by atomic mass is 35.5. The standard InChI is InChI=1S/C13H16ClN2O2/c14-10-5-4-9(8-17)11(7-10)13(18)12(16)3-1-2-6-15/h4-5,7,12H,1-3,6,15-16H2/t12-/m1/s1. The second kappa shape index (κ2) is 7.26. The van der Waals surface area contributed by atoms with Crippen LogP contribution in [0.2, 0.25) is 5.02 Å². The van der Waals surface area contributed by atoms with Crippen molar-refractivity contribution in [3.8, 4) is 0 Å². The molecule has 5 heteroatoms. The number of halogens is 1. The van der Waals surface area contributed by atoms with Gasteiger partial charge in [0.25, 0.3) is 0 Å². The number of hydrogen-bond acceptors (Lipinski definition) is 4. The number of Topliss-reactive ketones (excluding diaryl/α,β-unsaturated/α-hetero) is 1. The number of carbonyl (C=O) groups is 1. The Hall–Kier alpha value is -1.23. The minimum Gasteiger partial charge on any atom is -0.330 e. The molecule has 0 aliphatic carbocycles. The Bertz CT molecular complexity index is 435. The maximum Gasteiger partial charge on any atom is 0.234 e. The Morgan fingerprint density at radius 1 is 1.39 bits per heavy atom. The van der Waals surface area contributed by atoms with Crippen LogP contribution in [0.15, 0.2) is 18.2 Å². The molecule has 0 unspecified atom stereocenters. The number of nitrogens with two attached hydrogens (primary N) is 2. The Kier molecular flexibility index (Phi) is 5.98. The zero-order chi connectivity index (χ0) is 13.5. The van der Waals surface area contributed by atoms with Crippen LogP contribution in [0.5, 0.6) is 0 Å². The highest BCUT2D eigenvalue weighted by molar-refractivity contribution is 6.31. The maximum absolute atomic E-state index is 12.1. The lowest BCUT2D eigenvalue weighted by molar-refractivity contribution is 0.0956. The third-order valence-electron chi connectivity index (χ3n) is 2.66. The van der Waals surface area contributed by atoms with Gasteiger partial charge in [0.15, 0.2) is 5.78 Å². The first kappa shape index (κ1) is 14.8. The van der Waals surface area contributed by atoms with E-state index in [9.17, 15) is 9.59 Å². The van der Waals surface area contributed by atoms with Gasteiger partial charge in [-0.15, -0.1) is 0 Å². The summed E-state index contributed by atoms with van der Waals surface area (Å²) in [5.41, 5.74) is 11.6. The van der Waals surface area contributed by atoms with Gasteiger partial charge in [0.05, 0.1) is 6.04 Å². The third kappa shape index (κ3) is 3.91. The van der Waals surface area contributed by atoms with Gasteiger partial charge in [-0.3, -0.25) is 9.59 Å². The molecule has 0 saturated heterocycles. The lowest BCUT2D eigenvalue weighted by Gasteiger charge is -2.11. The lowest BCUT2D eigenvalue weighted by Crippen LogP contribution is -2.31. The van der Waals surface area contributed by atoms with E-state index < -0.39 is 6.04 Å². The molecule has 4 nitrogen and oxygen atoms in total. The number of unbranched alkanes of at least 4 members (excludes halogenated alkanes) is 1. The van der Waals surface area contributed by atoms with Crippen molar-refractivity contribution in [2.45, 2.75) is 25.3 Å². The first-order chi connectivity index (χ1) is 8.60. The van der Waals surface area contributed by atoms with Gasteiger partial charge in [-0.25, -0.2) is 0 Å². The summed E-state index contributed by atoms with van der Waals surface area (Å²) in [5.74, 6) is -0.284. The highest BCUT2D eigenvalue weighted by Gasteiger charge is 2.19. The quantitative estimate of drug-likeness (QED) is 0.578. The molecule has 0 bridgehead atoms. The molecule has 0 amide bonds. The molecular formula is C13H16ClN2O2. The minimum atomic E-state index is -0.637. The molecule has 0 fully saturated rings. The van der Waals surface area contributed by atoms with E-state index in [0.29, 0.717) is 18.0 Å². The van der Waals surface area contributed by atoms with Crippen molar-refractivity contribution in [2.24, 2.45) is 11.5 Å². The van der Waals surface area contributed by atoms with Crippen molar-refractivity contribution < 1.29 is 9.59 Å². The highest BCUT2D eigenvalue weighted by Crippen LogP contribution is 2.17. The minimum absolute atomic E-state index is 0.193. The molecular weight excluding hydrogens is 252 g/mol. The second-order valence-electron chi connectivity index (χ2n) is 4.05. The van der Waals surface area contributed by atoms with E-state index in [4.69, 9.17) is 23.1 Å². The molecule has 4 N–H and O–H groups in total. The average molecular weight is 268 g/mol. The van der Waals surface area contributed by atoms with E-state index in [1.165, 1.54) is 12.1 Å². The van der Waals surface area contributed by atoms with Crippen LogP contribution in [-0.4, -0.2) is 24.7 Å². The first-order valence-corrected chi connectivity index (χ1v) is 6.15. The van der Waals surface area contributed by atoms with Gasteiger partial charge in [0, 0.05) is 16.1 Å². The van der Waals surface area contributed by atoms with Crippen molar-refractivity contribution >= 4 is 23.7 Å². The SMILES string of the molecule is NCCCC[C@@H](N)C(=O)c1cc(Cl)ccc1[C]=O. The Balaban J connectivity index is 2.82. The summed E-state index contributed by atoms with van der Waals surface area (Å²) in [6, 6.07) is 3.82. The molecule has 97 valence electrons. The van der Waals surface area contributed by atoms with Crippen LogP contribution < -0.4 is 11.5 Å². The predicted octanol–water partition coefficient (Wildman–Crippen LogP) is 1.44. The summed E-state index contributed by atoms with van der Waals surface area (Å²) in [6.45, 7) is 0.575. The summed E-state index contributed by atoms with van der Waals surface area (Å²) in [6.07, 6.45) is 3.87. The fourth-order valence-electron chi connectivity index (χ4n) is 1.65. The molecule has 1 aromatic carbocycles. The van der Waals surface area contributed by atoms with E-state index in [1.54, 1.807) is 12.4 Å². The molecule has 1 radical (unpaired) electrons. The Morgan fingerprint density at radius 2 is 2.11 bits per heavy atom. The van der Waals surface area contributed by atoms with Gasteiger partial charge in [-0.2, -0.15) is 0 Å². The van der Waals surface area contributed by atoms with Gasteiger partial charge < -0.3 is 11.5 Å². The molecule has 1 atom stereocenters. The number of benzene rings is 1. The van der Waals surface area contributed by atoms with Crippen LogP contribution in [0.3, 0.4) is 0 Å². The summed E-state index contributed by atoms with van der Waals surface area (Å²) < 4.78 is 0. The van der Waals surface area contributed by atoms with Crippen LogP contribution in [-0.2, 0) is 4.79 Å². The number of ketones is 1. The topological polar surface area (TPSA) is 86.2 Å². The van der Waals surface area contributed by atoms with E-state index in [1.807, 2.05) is 0 Å². The van der Waals surface area contributed by atoms with Crippen LogP contribution >= 0.6 is 11.6 Å². The normalized spacial score (nSPS) is 12.2. The summed E-state index contributed by atoms with van der Waals surface area (Å²) in [4.78, 5) is 22.8. The molecule has 0 saturated carbocycles. The lowest BCUT2D eigenvalue weighted by atomic mass is 9.96. The van der Waals surface area contributed by atoms with Crippen molar-refractivity contribution in [3.63, 3.8) is 0 Å².